The van der Waals surface area contributed by atoms with Crippen LogP contribution in [0.3, 0.4) is 0 Å². The maximum absolute atomic E-state index is 5.80. The number of anilines is 1. The Morgan fingerprint density at radius 3 is 2.53 bits per heavy atom. The number of hydrogen-bond donors (Lipinski definition) is 1. The topological polar surface area (TPSA) is 47.0 Å². The van der Waals surface area contributed by atoms with Crippen LogP contribution >= 0.6 is 11.6 Å². The maximum atomic E-state index is 5.80. The first-order valence-electron chi connectivity index (χ1n) is 5.14. The van der Waals surface area contributed by atoms with Crippen LogP contribution in [0, 0.1) is 6.92 Å². The Kier molecular flexibility index (Phi) is 3.44. The number of benzene rings is 1. The predicted octanol–water partition coefficient (Wildman–Crippen LogP) is 3.27. The summed E-state index contributed by atoms with van der Waals surface area (Å²) in [6, 6.07) is 8.85. The number of aromatic nitrogens is 2. The van der Waals surface area contributed by atoms with Gasteiger partial charge in [0.05, 0.1) is 0 Å². The largest absolute Gasteiger partial charge is 0.439 e. The number of nitrogens with zero attached hydrogens (tertiary/aromatic N) is 2. The molecular weight excluding hydrogens is 238 g/mol. The molecule has 1 N–H and O–H groups in total. The Labute approximate surface area is 105 Å². The van der Waals surface area contributed by atoms with Crippen molar-refractivity contribution < 1.29 is 4.74 Å². The fourth-order valence-corrected chi connectivity index (χ4v) is 1.47. The quantitative estimate of drug-likeness (QED) is 0.907. The van der Waals surface area contributed by atoms with Crippen LogP contribution in [-0.2, 0) is 0 Å². The molecule has 0 bridgehead atoms. The van der Waals surface area contributed by atoms with E-state index in [1.807, 2.05) is 6.92 Å². The van der Waals surface area contributed by atoms with Crippen molar-refractivity contribution in [1.82, 2.24) is 9.97 Å². The molecule has 88 valence electrons. The van der Waals surface area contributed by atoms with E-state index in [9.17, 15) is 0 Å². The minimum absolute atomic E-state index is 0.504. The highest BCUT2D eigenvalue weighted by Crippen LogP contribution is 2.22. The molecule has 1 aromatic heterocycles. The van der Waals surface area contributed by atoms with Crippen molar-refractivity contribution in [2.24, 2.45) is 0 Å². The number of halogens is 1. The van der Waals surface area contributed by atoms with E-state index in [-0.39, 0.29) is 0 Å². The second-order valence-corrected chi connectivity index (χ2v) is 3.88. The third-order valence-electron chi connectivity index (χ3n) is 2.11. The van der Waals surface area contributed by atoms with Gasteiger partial charge in [-0.3, -0.25) is 0 Å². The molecule has 0 amide bonds. The standard InChI is InChI=1S/C12H12ClN3O/c1-8-15-11(14-2)7-12(16-8)17-10-5-3-9(13)4-6-10/h3-7H,1-2H3,(H,14,15,16). The van der Waals surface area contributed by atoms with E-state index in [4.69, 9.17) is 16.3 Å². The monoisotopic (exact) mass is 249 g/mol. The molecule has 0 spiro atoms. The van der Waals surface area contributed by atoms with Gasteiger partial charge in [0.1, 0.15) is 17.4 Å². The molecule has 0 saturated carbocycles. The van der Waals surface area contributed by atoms with Gasteiger partial charge in [-0.15, -0.1) is 0 Å². The van der Waals surface area contributed by atoms with Crippen LogP contribution in [0.1, 0.15) is 5.82 Å². The number of nitrogens with one attached hydrogen (secondary N) is 1. The third-order valence-corrected chi connectivity index (χ3v) is 2.36. The lowest BCUT2D eigenvalue weighted by Crippen LogP contribution is -1.98. The number of hydrogen-bond acceptors (Lipinski definition) is 4. The predicted molar refractivity (Wildman–Crippen MR) is 67.8 cm³/mol. The average Bonchev–Trinajstić information content (AvgIpc) is 2.31. The summed E-state index contributed by atoms with van der Waals surface area (Å²) in [7, 11) is 1.80. The number of ether oxygens (including phenoxy) is 1. The molecule has 17 heavy (non-hydrogen) atoms. The van der Waals surface area contributed by atoms with Crippen molar-refractivity contribution >= 4 is 17.4 Å². The molecule has 0 saturated heterocycles. The lowest BCUT2D eigenvalue weighted by molar-refractivity contribution is 0.460. The van der Waals surface area contributed by atoms with E-state index in [0.717, 1.165) is 5.82 Å². The van der Waals surface area contributed by atoms with Gasteiger partial charge in [-0.05, 0) is 31.2 Å². The van der Waals surface area contributed by atoms with Crippen LogP contribution in [-0.4, -0.2) is 17.0 Å². The first kappa shape index (κ1) is 11.7. The maximum Gasteiger partial charge on any atom is 0.224 e. The zero-order valence-corrected chi connectivity index (χ0v) is 10.3. The number of aryl methyl sites for hydroxylation is 1. The molecule has 0 aliphatic heterocycles. The van der Waals surface area contributed by atoms with Crippen molar-refractivity contribution in [3.63, 3.8) is 0 Å². The fourth-order valence-electron chi connectivity index (χ4n) is 1.34. The lowest BCUT2D eigenvalue weighted by Gasteiger charge is -2.07. The minimum Gasteiger partial charge on any atom is -0.439 e. The van der Waals surface area contributed by atoms with E-state index in [2.05, 4.69) is 15.3 Å². The van der Waals surface area contributed by atoms with Crippen molar-refractivity contribution in [2.75, 3.05) is 12.4 Å². The summed E-state index contributed by atoms with van der Waals surface area (Å²) in [5, 5.41) is 3.62. The number of rotatable bonds is 3. The minimum atomic E-state index is 0.504. The van der Waals surface area contributed by atoms with Crippen molar-refractivity contribution in [3.05, 3.63) is 41.2 Å². The molecule has 0 radical (unpaired) electrons. The van der Waals surface area contributed by atoms with E-state index >= 15 is 0 Å². The summed E-state index contributed by atoms with van der Waals surface area (Å²) in [5.41, 5.74) is 0. The summed E-state index contributed by atoms with van der Waals surface area (Å²) in [4.78, 5) is 8.38. The Morgan fingerprint density at radius 2 is 1.88 bits per heavy atom. The molecule has 0 aliphatic carbocycles. The van der Waals surface area contributed by atoms with Crippen LogP contribution in [0.25, 0.3) is 0 Å². The molecule has 4 nitrogen and oxygen atoms in total. The molecule has 1 aromatic carbocycles. The van der Waals surface area contributed by atoms with Gasteiger partial charge >= 0.3 is 0 Å². The molecule has 5 heteroatoms. The van der Waals surface area contributed by atoms with Crippen LogP contribution in [0.15, 0.2) is 30.3 Å². The van der Waals surface area contributed by atoms with Crippen LogP contribution in [0.2, 0.25) is 5.02 Å². The Morgan fingerprint density at radius 1 is 1.18 bits per heavy atom. The third kappa shape index (κ3) is 3.07. The Balaban J connectivity index is 2.23. The molecule has 1 heterocycles. The molecule has 0 unspecified atom stereocenters. The first-order chi connectivity index (χ1) is 8.17. The Bertz CT molecular complexity index is 514. The second-order valence-electron chi connectivity index (χ2n) is 3.44. The van der Waals surface area contributed by atoms with Crippen LogP contribution < -0.4 is 10.1 Å². The van der Waals surface area contributed by atoms with Gasteiger partial charge in [0.25, 0.3) is 0 Å². The van der Waals surface area contributed by atoms with Crippen LogP contribution in [0.5, 0.6) is 11.6 Å². The highest BCUT2D eigenvalue weighted by Gasteiger charge is 2.03. The van der Waals surface area contributed by atoms with Crippen LogP contribution in [0.4, 0.5) is 5.82 Å². The summed E-state index contributed by atoms with van der Waals surface area (Å²) >= 11 is 5.80. The summed E-state index contributed by atoms with van der Waals surface area (Å²) in [6.45, 7) is 1.82. The van der Waals surface area contributed by atoms with Gasteiger partial charge in [-0.1, -0.05) is 11.6 Å². The lowest BCUT2D eigenvalue weighted by atomic mass is 10.3. The molecule has 2 aromatic rings. The van der Waals surface area contributed by atoms with Crippen molar-refractivity contribution in [3.8, 4) is 11.6 Å². The average molecular weight is 250 g/mol. The van der Waals surface area contributed by atoms with Gasteiger partial charge in [0.2, 0.25) is 5.88 Å². The van der Waals surface area contributed by atoms with Gasteiger partial charge in [-0.2, -0.15) is 4.98 Å². The molecule has 0 fully saturated rings. The Hall–Kier alpha value is -1.81. The summed E-state index contributed by atoms with van der Waals surface area (Å²) < 4.78 is 5.61. The molecular formula is C12H12ClN3O. The smallest absolute Gasteiger partial charge is 0.224 e. The normalized spacial score (nSPS) is 10.1. The molecule has 0 atom stereocenters. The van der Waals surface area contributed by atoms with Crippen molar-refractivity contribution in [1.29, 1.82) is 0 Å². The van der Waals surface area contributed by atoms with Gasteiger partial charge < -0.3 is 10.1 Å². The van der Waals surface area contributed by atoms with E-state index in [1.54, 1.807) is 37.4 Å². The zero-order valence-electron chi connectivity index (χ0n) is 9.57. The van der Waals surface area contributed by atoms with Gasteiger partial charge in [0.15, 0.2) is 0 Å². The van der Waals surface area contributed by atoms with Gasteiger partial charge in [-0.25, -0.2) is 4.98 Å². The molecule has 0 aliphatic rings. The SMILES string of the molecule is CNc1cc(Oc2ccc(Cl)cc2)nc(C)n1. The highest BCUT2D eigenvalue weighted by atomic mass is 35.5. The summed E-state index contributed by atoms with van der Waals surface area (Å²) in [6.07, 6.45) is 0. The second kappa shape index (κ2) is 5.01. The van der Waals surface area contributed by atoms with E-state index in [1.165, 1.54) is 0 Å². The molecule has 2 rings (SSSR count). The first-order valence-corrected chi connectivity index (χ1v) is 5.52. The van der Waals surface area contributed by atoms with Gasteiger partial charge in [0, 0.05) is 18.1 Å². The van der Waals surface area contributed by atoms with E-state index in [0.29, 0.717) is 22.5 Å². The highest BCUT2D eigenvalue weighted by molar-refractivity contribution is 6.30. The van der Waals surface area contributed by atoms with E-state index < -0.39 is 0 Å². The zero-order chi connectivity index (χ0) is 12.3. The summed E-state index contributed by atoms with van der Waals surface area (Å²) in [5.74, 6) is 2.57. The van der Waals surface area contributed by atoms with Crippen molar-refractivity contribution in [2.45, 2.75) is 6.92 Å². The fraction of sp³-hybridized carbons (Fsp3) is 0.167.